The first-order valence-corrected chi connectivity index (χ1v) is 7.35. The highest BCUT2D eigenvalue weighted by Crippen LogP contribution is 2.32. The molecule has 2 aromatic carbocycles. The highest BCUT2D eigenvalue weighted by molar-refractivity contribution is 5.50. The van der Waals surface area contributed by atoms with Gasteiger partial charge in [-0.3, -0.25) is 0 Å². The second kappa shape index (κ2) is 5.78. The Kier molecular flexibility index (Phi) is 3.84. The van der Waals surface area contributed by atoms with Crippen LogP contribution in [0.2, 0.25) is 0 Å². The molecule has 0 spiro atoms. The fourth-order valence-corrected chi connectivity index (χ4v) is 3.06. The number of aliphatic hydroxyl groups is 1. The Labute approximate surface area is 125 Å². The lowest BCUT2D eigenvalue weighted by Gasteiger charge is -2.38. The van der Waals surface area contributed by atoms with E-state index in [4.69, 9.17) is 4.74 Å². The highest BCUT2D eigenvalue weighted by Gasteiger charge is 2.33. The summed E-state index contributed by atoms with van der Waals surface area (Å²) in [6, 6.07) is 16.4. The van der Waals surface area contributed by atoms with Gasteiger partial charge in [0.1, 0.15) is 5.75 Å². The SMILES string of the molecule is COc1ccc(NC2(CO)CCc3ccccc3C2)cc1. The van der Waals surface area contributed by atoms with E-state index in [1.165, 1.54) is 11.1 Å². The molecule has 2 aromatic rings. The van der Waals surface area contributed by atoms with Crippen LogP contribution in [0.25, 0.3) is 0 Å². The molecule has 0 aliphatic heterocycles. The van der Waals surface area contributed by atoms with Crippen molar-refractivity contribution in [3.05, 3.63) is 59.7 Å². The number of fused-ring (bicyclic) bond motifs is 1. The molecule has 110 valence electrons. The molecule has 1 aliphatic rings. The monoisotopic (exact) mass is 283 g/mol. The first kappa shape index (κ1) is 14.0. The molecule has 21 heavy (non-hydrogen) atoms. The van der Waals surface area contributed by atoms with Gasteiger partial charge in [0, 0.05) is 5.69 Å². The first-order valence-electron chi connectivity index (χ1n) is 7.35. The van der Waals surface area contributed by atoms with Gasteiger partial charge in [0.15, 0.2) is 0 Å². The van der Waals surface area contributed by atoms with Crippen LogP contribution in [0.1, 0.15) is 17.5 Å². The van der Waals surface area contributed by atoms with Gasteiger partial charge in [-0.1, -0.05) is 24.3 Å². The Morgan fingerprint density at radius 1 is 1.10 bits per heavy atom. The minimum Gasteiger partial charge on any atom is -0.497 e. The van der Waals surface area contributed by atoms with Crippen LogP contribution in [-0.2, 0) is 12.8 Å². The summed E-state index contributed by atoms with van der Waals surface area (Å²) >= 11 is 0. The van der Waals surface area contributed by atoms with Crippen molar-refractivity contribution in [2.24, 2.45) is 0 Å². The molecule has 2 N–H and O–H groups in total. The van der Waals surface area contributed by atoms with Crippen LogP contribution in [0.3, 0.4) is 0 Å². The molecule has 0 saturated heterocycles. The normalized spacial score (nSPS) is 20.7. The van der Waals surface area contributed by atoms with Gasteiger partial charge in [-0.15, -0.1) is 0 Å². The Hall–Kier alpha value is -2.00. The first-order chi connectivity index (χ1) is 10.2. The molecule has 0 fully saturated rings. The van der Waals surface area contributed by atoms with Gasteiger partial charge in [0.25, 0.3) is 0 Å². The number of aryl methyl sites for hydroxylation is 1. The summed E-state index contributed by atoms with van der Waals surface area (Å²) in [5.41, 5.74) is 3.48. The van der Waals surface area contributed by atoms with E-state index in [1.54, 1.807) is 7.11 Å². The molecule has 3 rings (SSSR count). The minimum absolute atomic E-state index is 0.132. The third-order valence-electron chi connectivity index (χ3n) is 4.32. The number of ether oxygens (including phenoxy) is 1. The van der Waals surface area contributed by atoms with E-state index in [9.17, 15) is 5.11 Å². The molecular weight excluding hydrogens is 262 g/mol. The summed E-state index contributed by atoms with van der Waals surface area (Å²) in [5, 5.41) is 13.5. The summed E-state index contributed by atoms with van der Waals surface area (Å²) in [4.78, 5) is 0. The standard InChI is InChI=1S/C18H21NO2/c1-21-17-8-6-16(7-9-17)19-18(13-20)11-10-14-4-2-3-5-15(14)12-18/h2-9,19-20H,10-13H2,1H3. The average molecular weight is 283 g/mol. The predicted octanol–water partition coefficient (Wildman–Crippen LogP) is 3.03. The van der Waals surface area contributed by atoms with Crippen LogP contribution in [0.5, 0.6) is 5.75 Å². The van der Waals surface area contributed by atoms with Gasteiger partial charge in [-0.05, 0) is 54.7 Å². The molecule has 3 heteroatoms. The average Bonchev–Trinajstić information content (AvgIpc) is 2.55. The van der Waals surface area contributed by atoms with Crippen LogP contribution in [0.15, 0.2) is 48.5 Å². The van der Waals surface area contributed by atoms with E-state index in [0.29, 0.717) is 0 Å². The molecule has 0 bridgehead atoms. The Bertz CT molecular complexity index is 609. The molecule has 0 aromatic heterocycles. The molecular formula is C18H21NO2. The van der Waals surface area contributed by atoms with Crippen LogP contribution in [0, 0.1) is 0 Å². The number of hydrogen-bond acceptors (Lipinski definition) is 3. The predicted molar refractivity (Wildman–Crippen MR) is 84.9 cm³/mol. The number of benzene rings is 2. The molecule has 0 radical (unpaired) electrons. The van der Waals surface area contributed by atoms with Crippen molar-refractivity contribution in [3.63, 3.8) is 0 Å². The van der Waals surface area contributed by atoms with Gasteiger partial charge in [0.2, 0.25) is 0 Å². The van der Waals surface area contributed by atoms with Gasteiger partial charge in [-0.2, -0.15) is 0 Å². The van der Waals surface area contributed by atoms with E-state index < -0.39 is 0 Å². The molecule has 1 aliphatic carbocycles. The van der Waals surface area contributed by atoms with Gasteiger partial charge in [0.05, 0.1) is 19.3 Å². The maximum atomic E-state index is 9.94. The lowest BCUT2D eigenvalue weighted by atomic mass is 9.78. The smallest absolute Gasteiger partial charge is 0.119 e. The number of aliphatic hydroxyl groups excluding tert-OH is 1. The van der Waals surface area contributed by atoms with Crippen molar-refractivity contribution in [2.45, 2.75) is 24.8 Å². The Morgan fingerprint density at radius 3 is 2.48 bits per heavy atom. The van der Waals surface area contributed by atoms with E-state index in [0.717, 1.165) is 30.7 Å². The quantitative estimate of drug-likeness (QED) is 0.906. The van der Waals surface area contributed by atoms with Crippen LogP contribution < -0.4 is 10.1 Å². The Balaban J connectivity index is 1.81. The maximum Gasteiger partial charge on any atom is 0.119 e. The second-order valence-corrected chi connectivity index (χ2v) is 5.74. The lowest BCUT2D eigenvalue weighted by Crippen LogP contribution is -2.47. The number of hydrogen-bond donors (Lipinski definition) is 2. The molecule has 1 unspecified atom stereocenters. The van der Waals surface area contributed by atoms with Crippen molar-refractivity contribution < 1.29 is 9.84 Å². The van der Waals surface area contributed by atoms with Crippen molar-refractivity contribution in [1.29, 1.82) is 0 Å². The summed E-state index contributed by atoms with van der Waals surface area (Å²) in [6.07, 6.45) is 2.79. The summed E-state index contributed by atoms with van der Waals surface area (Å²) in [6.45, 7) is 0.132. The number of rotatable bonds is 4. The van der Waals surface area contributed by atoms with Crippen molar-refractivity contribution >= 4 is 5.69 Å². The zero-order valence-electron chi connectivity index (χ0n) is 12.3. The fourth-order valence-electron chi connectivity index (χ4n) is 3.06. The molecule has 0 amide bonds. The van der Waals surface area contributed by atoms with Crippen molar-refractivity contribution in [1.82, 2.24) is 0 Å². The molecule has 3 nitrogen and oxygen atoms in total. The number of methoxy groups -OCH3 is 1. The summed E-state index contributed by atoms with van der Waals surface area (Å²) in [5.74, 6) is 0.840. The van der Waals surface area contributed by atoms with Gasteiger partial charge in [-0.25, -0.2) is 0 Å². The van der Waals surface area contributed by atoms with Crippen molar-refractivity contribution in [3.8, 4) is 5.75 Å². The summed E-state index contributed by atoms with van der Waals surface area (Å²) in [7, 11) is 1.66. The van der Waals surface area contributed by atoms with Crippen LogP contribution in [0.4, 0.5) is 5.69 Å². The topological polar surface area (TPSA) is 41.5 Å². The molecule has 0 heterocycles. The largest absolute Gasteiger partial charge is 0.497 e. The third-order valence-corrected chi connectivity index (χ3v) is 4.32. The lowest BCUT2D eigenvalue weighted by molar-refractivity contribution is 0.196. The molecule has 0 saturated carbocycles. The van der Waals surface area contributed by atoms with Gasteiger partial charge >= 0.3 is 0 Å². The van der Waals surface area contributed by atoms with E-state index >= 15 is 0 Å². The van der Waals surface area contributed by atoms with Crippen LogP contribution >= 0.6 is 0 Å². The fraction of sp³-hybridized carbons (Fsp3) is 0.333. The third kappa shape index (κ3) is 2.88. The van der Waals surface area contributed by atoms with E-state index in [2.05, 4.69) is 29.6 Å². The zero-order chi connectivity index (χ0) is 14.7. The van der Waals surface area contributed by atoms with Crippen molar-refractivity contribution in [2.75, 3.05) is 19.0 Å². The summed E-state index contributed by atoms with van der Waals surface area (Å²) < 4.78 is 5.18. The van der Waals surface area contributed by atoms with Crippen LogP contribution in [-0.4, -0.2) is 24.4 Å². The van der Waals surface area contributed by atoms with E-state index in [-0.39, 0.29) is 12.1 Å². The maximum absolute atomic E-state index is 9.94. The van der Waals surface area contributed by atoms with E-state index in [1.807, 2.05) is 24.3 Å². The Morgan fingerprint density at radius 2 is 1.81 bits per heavy atom. The number of anilines is 1. The zero-order valence-corrected chi connectivity index (χ0v) is 12.3. The highest BCUT2D eigenvalue weighted by atomic mass is 16.5. The second-order valence-electron chi connectivity index (χ2n) is 5.74. The number of nitrogens with one attached hydrogen (secondary N) is 1. The van der Waals surface area contributed by atoms with Gasteiger partial charge < -0.3 is 15.2 Å². The minimum atomic E-state index is -0.275. The molecule has 1 atom stereocenters.